The quantitative estimate of drug-likeness (QED) is 0.556. The topological polar surface area (TPSA) is 122 Å². The van der Waals surface area contributed by atoms with Crippen LogP contribution in [0.1, 0.15) is 29.6 Å². The minimum Gasteiger partial charge on any atom is -0.478 e. The third-order valence-corrected chi connectivity index (χ3v) is 3.09. The van der Waals surface area contributed by atoms with Crippen LogP contribution in [0.4, 0.5) is 10.5 Å². The van der Waals surface area contributed by atoms with Crippen LogP contribution in [0.25, 0.3) is 0 Å². The second-order valence-electron chi connectivity index (χ2n) is 4.30. The van der Waals surface area contributed by atoms with Gasteiger partial charge in [-0.3, -0.25) is 4.79 Å². The number of halogens is 1. The Bertz CT molecular complexity index is 548. The number of carboxylic acid groups (broad SMARTS) is 1. The Kier molecular flexibility index (Phi) is 6.67. The second kappa shape index (κ2) is 8.25. The number of nitrogens with one attached hydrogen (secondary N) is 2. The third-order valence-electron chi connectivity index (χ3n) is 2.60. The van der Waals surface area contributed by atoms with Gasteiger partial charge in [0.05, 0.1) is 11.3 Å². The molecule has 0 saturated heterocycles. The molecule has 5 N–H and O–H groups in total. The first-order chi connectivity index (χ1) is 9.90. The van der Waals surface area contributed by atoms with E-state index < -0.39 is 12.0 Å². The SMILES string of the molecule is NC(=O)CCCCNC(=O)Nc1cc(Br)ccc1C(=O)O. The van der Waals surface area contributed by atoms with Gasteiger partial charge in [0, 0.05) is 17.4 Å². The summed E-state index contributed by atoms with van der Waals surface area (Å²) in [5.74, 6) is -1.50. The number of urea groups is 1. The number of aromatic carboxylic acids is 1. The predicted molar refractivity (Wildman–Crippen MR) is 81.2 cm³/mol. The van der Waals surface area contributed by atoms with Crippen LogP contribution in [0.2, 0.25) is 0 Å². The van der Waals surface area contributed by atoms with Gasteiger partial charge in [-0.05, 0) is 31.0 Å². The van der Waals surface area contributed by atoms with Crippen molar-refractivity contribution in [2.45, 2.75) is 19.3 Å². The summed E-state index contributed by atoms with van der Waals surface area (Å²) in [4.78, 5) is 33.3. The molecule has 7 nitrogen and oxygen atoms in total. The molecule has 0 unspecified atom stereocenters. The summed E-state index contributed by atoms with van der Waals surface area (Å²) in [6.45, 7) is 0.371. The molecule has 3 amide bonds. The average Bonchev–Trinajstić information content (AvgIpc) is 2.37. The van der Waals surface area contributed by atoms with Crippen LogP contribution in [0.15, 0.2) is 22.7 Å². The lowest BCUT2D eigenvalue weighted by Crippen LogP contribution is -2.30. The minimum atomic E-state index is -1.13. The van der Waals surface area contributed by atoms with E-state index in [1.165, 1.54) is 12.1 Å². The van der Waals surface area contributed by atoms with Crippen molar-refractivity contribution in [3.05, 3.63) is 28.2 Å². The lowest BCUT2D eigenvalue weighted by molar-refractivity contribution is -0.118. The number of primary amides is 1. The van der Waals surface area contributed by atoms with Gasteiger partial charge in [0.2, 0.25) is 5.91 Å². The van der Waals surface area contributed by atoms with E-state index in [1.807, 2.05) is 0 Å². The maximum absolute atomic E-state index is 11.7. The maximum atomic E-state index is 11.7. The number of rotatable bonds is 7. The first-order valence-corrected chi connectivity index (χ1v) is 7.05. The number of anilines is 1. The number of unbranched alkanes of at least 4 members (excludes halogenated alkanes) is 1. The zero-order chi connectivity index (χ0) is 15.8. The van der Waals surface area contributed by atoms with Gasteiger partial charge in [0.15, 0.2) is 0 Å². The number of carbonyl (C=O) groups excluding carboxylic acids is 2. The molecular formula is C13H16BrN3O4. The Balaban J connectivity index is 2.49. The van der Waals surface area contributed by atoms with Gasteiger partial charge in [-0.2, -0.15) is 0 Å². The molecule has 0 radical (unpaired) electrons. The third kappa shape index (κ3) is 6.26. The first kappa shape index (κ1) is 17.0. The van der Waals surface area contributed by atoms with Crippen molar-refractivity contribution in [1.29, 1.82) is 0 Å². The normalized spacial score (nSPS) is 9.95. The first-order valence-electron chi connectivity index (χ1n) is 6.26. The van der Waals surface area contributed by atoms with Gasteiger partial charge in [-0.15, -0.1) is 0 Å². The summed E-state index contributed by atoms with van der Waals surface area (Å²) in [6.07, 6.45) is 1.48. The number of amides is 3. The fraction of sp³-hybridized carbons (Fsp3) is 0.308. The summed E-state index contributed by atoms with van der Waals surface area (Å²) in [5, 5.41) is 14.1. The fourth-order valence-corrected chi connectivity index (χ4v) is 1.96. The maximum Gasteiger partial charge on any atom is 0.337 e. The molecule has 21 heavy (non-hydrogen) atoms. The molecule has 0 heterocycles. The minimum absolute atomic E-state index is 0.00192. The predicted octanol–water partition coefficient (Wildman–Crippen LogP) is 1.92. The molecule has 0 aliphatic rings. The van der Waals surface area contributed by atoms with Gasteiger partial charge < -0.3 is 21.5 Å². The standard InChI is InChI=1S/C13H16BrN3O4/c14-8-4-5-9(12(19)20)10(7-8)17-13(21)16-6-2-1-3-11(15)18/h4-5,7H,1-3,6H2,(H2,15,18)(H,19,20)(H2,16,17,21). The average molecular weight is 358 g/mol. The van der Waals surface area contributed by atoms with E-state index >= 15 is 0 Å². The number of carbonyl (C=O) groups is 3. The Labute approximate surface area is 130 Å². The fourth-order valence-electron chi connectivity index (χ4n) is 1.60. The molecule has 114 valence electrons. The molecule has 1 aromatic carbocycles. The van der Waals surface area contributed by atoms with Crippen molar-refractivity contribution >= 4 is 39.5 Å². The van der Waals surface area contributed by atoms with Crippen molar-refractivity contribution in [3.63, 3.8) is 0 Å². The van der Waals surface area contributed by atoms with E-state index in [4.69, 9.17) is 10.8 Å². The van der Waals surface area contributed by atoms with Crippen LogP contribution in [0.3, 0.4) is 0 Å². The Hall–Kier alpha value is -2.09. The molecule has 1 aromatic rings. The van der Waals surface area contributed by atoms with E-state index in [0.717, 1.165) is 0 Å². The highest BCUT2D eigenvalue weighted by atomic mass is 79.9. The molecule has 0 fully saturated rings. The molecular weight excluding hydrogens is 342 g/mol. The van der Waals surface area contributed by atoms with Gasteiger partial charge >= 0.3 is 12.0 Å². The van der Waals surface area contributed by atoms with Crippen LogP contribution < -0.4 is 16.4 Å². The molecule has 0 saturated carbocycles. The van der Waals surface area contributed by atoms with Crippen molar-refractivity contribution in [3.8, 4) is 0 Å². The highest BCUT2D eigenvalue weighted by molar-refractivity contribution is 9.10. The largest absolute Gasteiger partial charge is 0.478 e. The zero-order valence-electron chi connectivity index (χ0n) is 11.2. The van der Waals surface area contributed by atoms with Crippen LogP contribution in [0.5, 0.6) is 0 Å². The monoisotopic (exact) mass is 357 g/mol. The van der Waals surface area contributed by atoms with Crippen LogP contribution in [-0.4, -0.2) is 29.6 Å². The van der Waals surface area contributed by atoms with E-state index in [-0.39, 0.29) is 23.6 Å². The van der Waals surface area contributed by atoms with Crippen molar-refractivity contribution in [1.82, 2.24) is 5.32 Å². The smallest absolute Gasteiger partial charge is 0.337 e. The molecule has 0 spiro atoms. The van der Waals surface area contributed by atoms with E-state index in [9.17, 15) is 14.4 Å². The Morgan fingerprint density at radius 3 is 2.57 bits per heavy atom. The highest BCUT2D eigenvalue weighted by Gasteiger charge is 2.12. The van der Waals surface area contributed by atoms with Gasteiger partial charge in [0.1, 0.15) is 0 Å². The van der Waals surface area contributed by atoms with Gasteiger partial charge in [-0.1, -0.05) is 15.9 Å². The zero-order valence-corrected chi connectivity index (χ0v) is 12.8. The molecule has 0 aromatic heterocycles. The number of nitrogens with two attached hydrogens (primary N) is 1. The molecule has 8 heteroatoms. The number of benzene rings is 1. The van der Waals surface area contributed by atoms with Crippen molar-refractivity contribution in [2.24, 2.45) is 5.73 Å². The summed E-state index contributed by atoms with van der Waals surface area (Å²) < 4.78 is 0.657. The van der Waals surface area contributed by atoms with Crippen LogP contribution in [-0.2, 0) is 4.79 Å². The van der Waals surface area contributed by atoms with Gasteiger partial charge in [0.25, 0.3) is 0 Å². The number of hydrogen-bond donors (Lipinski definition) is 4. The molecule has 1 rings (SSSR count). The number of hydrogen-bond acceptors (Lipinski definition) is 3. The summed E-state index contributed by atoms with van der Waals surface area (Å²) >= 11 is 3.21. The molecule has 0 aliphatic carbocycles. The highest BCUT2D eigenvalue weighted by Crippen LogP contribution is 2.21. The lowest BCUT2D eigenvalue weighted by atomic mass is 10.2. The van der Waals surface area contributed by atoms with E-state index in [1.54, 1.807) is 6.07 Å². The Morgan fingerprint density at radius 1 is 1.24 bits per heavy atom. The van der Waals surface area contributed by atoms with Gasteiger partial charge in [-0.25, -0.2) is 9.59 Å². The van der Waals surface area contributed by atoms with Crippen molar-refractivity contribution in [2.75, 3.05) is 11.9 Å². The summed E-state index contributed by atoms with van der Waals surface area (Å²) in [7, 11) is 0. The van der Waals surface area contributed by atoms with Crippen molar-refractivity contribution < 1.29 is 19.5 Å². The van der Waals surface area contributed by atoms with E-state index in [0.29, 0.717) is 23.9 Å². The van der Waals surface area contributed by atoms with E-state index in [2.05, 4.69) is 26.6 Å². The summed E-state index contributed by atoms with van der Waals surface area (Å²) in [5.41, 5.74) is 5.20. The van der Waals surface area contributed by atoms with Crippen LogP contribution in [0, 0.1) is 0 Å². The Morgan fingerprint density at radius 2 is 1.95 bits per heavy atom. The molecule has 0 bridgehead atoms. The number of carboxylic acids is 1. The molecule has 0 aliphatic heterocycles. The van der Waals surface area contributed by atoms with Crippen LogP contribution >= 0.6 is 15.9 Å². The summed E-state index contributed by atoms with van der Waals surface area (Å²) in [6, 6.07) is 3.98. The molecule has 0 atom stereocenters. The second-order valence-corrected chi connectivity index (χ2v) is 5.22. The lowest BCUT2D eigenvalue weighted by Gasteiger charge is -2.10.